The van der Waals surface area contributed by atoms with Gasteiger partial charge in [-0.15, -0.1) is 0 Å². The predicted molar refractivity (Wildman–Crippen MR) is 123 cm³/mol. The van der Waals surface area contributed by atoms with Crippen LogP contribution in [0.25, 0.3) is 11.6 Å². The Morgan fingerprint density at radius 3 is 2.48 bits per heavy atom. The van der Waals surface area contributed by atoms with Gasteiger partial charge in [0.25, 0.3) is 5.91 Å². The highest BCUT2D eigenvalue weighted by Gasteiger charge is 2.37. The predicted octanol–water partition coefficient (Wildman–Crippen LogP) is 6.13. The molecule has 148 valence electrons. The first-order valence-electron chi connectivity index (χ1n) is 9.36. The molecule has 1 aromatic heterocycles. The summed E-state index contributed by atoms with van der Waals surface area (Å²) in [5.41, 5.74) is 3.26. The molecule has 4 nitrogen and oxygen atoms in total. The van der Waals surface area contributed by atoms with Crippen molar-refractivity contribution in [1.82, 2.24) is 10.3 Å². The van der Waals surface area contributed by atoms with E-state index in [1.54, 1.807) is 6.20 Å². The number of allylic oxidation sites excluding steroid dienone is 1. The molecule has 0 aliphatic heterocycles. The van der Waals surface area contributed by atoms with Crippen LogP contribution in [0, 0.1) is 11.3 Å². The summed E-state index contributed by atoms with van der Waals surface area (Å²) in [5.74, 6) is -0.380. The number of nitriles is 1. The number of nitrogens with one attached hydrogen (secondary N) is 1. The summed E-state index contributed by atoms with van der Waals surface area (Å²) >= 11 is 6.77. The first-order chi connectivity index (χ1) is 13.8. The van der Waals surface area contributed by atoms with Gasteiger partial charge >= 0.3 is 0 Å². The normalized spacial score (nSPS) is 15.6. The van der Waals surface area contributed by atoms with Crippen LogP contribution in [-0.2, 0) is 10.3 Å². The van der Waals surface area contributed by atoms with Crippen LogP contribution in [-0.4, -0.2) is 10.9 Å². The monoisotopic (exact) mass is 513 g/mol. The Kier molecular flexibility index (Phi) is 6.71. The molecule has 0 atom stereocenters. The fourth-order valence-corrected chi connectivity index (χ4v) is 4.74. The van der Waals surface area contributed by atoms with Crippen molar-refractivity contribution in [2.45, 2.75) is 38.1 Å². The molecular weight excluding hydrogens is 494 g/mol. The van der Waals surface area contributed by atoms with E-state index in [9.17, 15) is 10.1 Å². The fraction of sp³-hybridized carbons (Fsp3) is 0.261. The second kappa shape index (κ2) is 9.06. The number of halogens is 2. The highest BCUT2D eigenvalue weighted by Crippen LogP contribution is 2.39. The molecule has 1 aliphatic carbocycles. The van der Waals surface area contributed by atoms with Crippen molar-refractivity contribution in [1.29, 1.82) is 5.26 Å². The molecule has 6 heteroatoms. The lowest BCUT2D eigenvalue weighted by Gasteiger charge is -2.31. The van der Waals surface area contributed by atoms with Crippen LogP contribution in [0.3, 0.4) is 0 Å². The zero-order valence-corrected chi connectivity index (χ0v) is 19.3. The average Bonchev–Trinajstić information content (AvgIpc) is 3.17. The molecule has 1 heterocycles. The molecule has 1 N–H and O–H groups in total. The fourth-order valence-electron chi connectivity index (χ4n) is 3.64. The quantitative estimate of drug-likeness (QED) is 0.385. The molecule has 0 bridgehead atoms. The Morgan fingerprint density at radius 2 is 1.93 bits per heavy atom. The Hall–Kier alpha value is -2.23. The molecule has 1 saturated carbocycles. The number of pyridine rings is 1. The lowest BCUT2D eigenvalue weighted by atomic mass is 9.86. The van der Waals surface area contributed by atoms with Crippen molar-refractivity contribution in [3.8, 4) is 6.07 Å². The summed E-state index contributed by atoms with van der Waals surface area (Å²) in [4.78, 5) is 17.3. The van der Waals surface area contributed by atoms with E-state index in [2.05, 4.69) is 60.9 Å². The zero-order valence-electron chi connectivity index (χ0n) is 16.1. The first kappa shape index (κ1) is 21.5. The van der Waals surface area contributed by atoms with E-state index in [0.29, 0.717) is 10.2 Å². The number of nitrogens with zero attached hydrogens (tertiary/aromatic N) is 2. The average molecular weight is 515 g/mol. The molecule has 0 spiro atoms. The van der Waals surface area contributed by atoms with Crippen molar-refractivity contribution in [3.63, 3.8) is 0 Å². The van der Waals surface area contributed by atoms with Gasteiger partial charge in [-0.1, -0.05) is 49.3 Å². The summed E-state index contributed by atoms with van der Waals surface area (Å²) in [5, 5.41) is 12.7. The third-order valence-corrected chi connectivity index (χ3v) is 6.29. The first-order valence-corrected chi connectivity index (χ1v) is 10.9. The third kappa shape index (κ3) is 4.85. The van der Waals surface area contributed by atoms with E-state index in [1.165, 1.54) is 6.08 Å². The molecule has 3 rings (SSSR count). The van der Waals surface area contributed by atoms with Crippen LogP contribution in [0.5, 0.6) is 0 Å². The van der Waals surface area contributed by atoms with Gasteiger partial charge in [-0.25, -0.2) is 0 Å². The van der Waals surface area contributed by atoms with Crippen LogP contribution in [0.15, 0.2) is 57.6 Å². The van der Waals surface area contributed by atoms with E-state index in [1.807, 2.05) is 31.2 Å². The Morgan fingerprint density at radius 1 is 1.28 bits per heavy atom. The Balaban J connectivity index is 1.89. The zero-order chi connectivity index (χ0) is 21.0. The SMILES string of the molecule is C=C(C)c1ccc(C2(NC(=O)C(C#N)=Cc3ncc(Br)cc3Br)CCCC2)cc1. The highest BCUT2D eigenvalue weighted by atomic mass is 79.9. The Labute approximate surface area is 188 Å². The lowest BCUT2D eigenvalue weighted by molar-refractivity contribution is -0.119. The number of carbonyl (C=O) groups is 1. The van der Waals surface area contributed by atoms with E-state index < -0.39 is 5.54 Å². The molecule has 0 saturated heterocycles. The van der Waals surface area contributed by atoms with Crippen molar-refractivity contribution in [2.24, 2.45) is 0 Å². The van der Waals surface area contributed by atoms with Crippen LogP contribution >= 0.6 is 31.9 Å². The maximum absolute atomic E-state index is 13.0. The maximum atomic E-state index is 13.0. The van der Waals surface area contributed by atoms with Crippen molar-refractivity contribution in [3.05, 3.63) is 74.4 Å². The minimum Gasteiger partial charge on any atom is -0.342 e. The van der Waals surface area contributed by atoms with Crippen LogP contribution in [0.2, 0.25) is 0 Å². The molecular formula is C23H21Br2N3O. The number of benzene rings is 1. The number of carbonyl (C=O) groups excluding carboxylic acids is 1. The van der Waals surface area contributed by atoms with Crippen LogP contribution in [0.1, 0.15) is 49.4 Å². The van der Waals surface area contributed by atoms with Crippen molar-refractivity contribution in [2.75, 3.05) is 0 Å². The van der Waals surface area contributed by atoms with E-state index in [0.717, 1.165) is 46.9 Å². The van der Waals surface area contributed by atoms with Gasteiger partial charge in [0.1, 0.15) is 11.6 Å². The molecule has 1 amide bonds. The number of amides is 1. The maximum Gasteiger partial charge on any atom is 0.262 e. The smallest absolute Gasteiger partial charge is 0.262 e. The summed E-state index contributed by atoms with van der Waals surface area (Å²) in [6.07, 6.45) is 6.92. The van der Waals surface area contributed by atoms with Crippen molar-refractivity contribution >= 4 is 49.4 Å². The minimum absolute atomic E-state index is 0.0327. The van der Waals surface area contributed by atoms with E-state index in [4.69, 9.17) is 0 Å². The van der Waals surface area contributed by atoms with Gasteiger partial charge in [-0.2, -0.15) is 5.26 Å². The minimum atomic E-state index is -0.453. The van der Waals surface area contributed by atoms with Crippen LogP contribution in [0.4, 0.5) is 0 Å². The van der Waals surface area contributed by atoms with Gasteiger partial charge in [-0.3, -0.25) is 9.78 Å². The summed E-state index contributed by atoms with van der Waals surface area (Å²) in [7, 11) is 0. The Bertz CT molecular complexity index is 1010. The molecule has 0 unspecified atom stereocenters. The van der Waals surface area contributed by atoms with Gasteiger partial charge in [0.15, 0.2) is 0 Å². The molecule has 1 aliphatic rings. The van der Waals surface area contributed by atoms with Gasteiger partial charge < -0.3 is 5.32 Å². The van der Waals surface area contributed by atoms with E-state index >= 15 is 0 Å². The molecule has 2 aromatic rings. The lowest BCUT2D eigenvalue weighted by Crippen LogP contribution is -2.44. The van der Waals surface area contributed by atoms with Crippen LogP contribution < -0.4 is 5.32 Å². The van der Waals surface area contributed by atoms with E-state index in [-0.39, 0.29) is 11.5 Å². The summed E-state index contributed by atoms with van der Waals surface area (Å²) in [6.45, 7) is 5.95. The van der Waals surface area contributed by atoms with Crippen molar-refractivity contribution < 1.29 is 4.79 Å². The van der Waals surface area contributed by atoms with Gasteiger partial charge in [0, 0.05) is 15.1 Å². The second-order valence-corrected chi connectivity index (χ2v) is 9.06. The number of rotatable bonds is 5. The second-order valence-electron chi connectivity index (χ2n) is 7.29. The summed E-state index contributed by atoms with van der Waals surface area (Å²) < 4.78 is 1.52. The number of aromatic nitrogens is 1. The largest absolute Gasteiger partial charge is 0.342 e. The van der Waals surface area contributed by atoms with Gasteiger partial charge in [0.2, 0.25) is 0 Å². The molecule has 1 fully saturated rings. The summed E-state index contributed by atoms with van der Waals surface area (Å²) in [6, 6.07) is 12.0. The highest BCUT2D eigenvalue weighted by molar-refractivity contribution is 9.11. The van der Waals surface area contributed by atoms with Gasteiger partial charge in [-0.05, 0) is 74.9 Å². The third-order valence-electron chi connectivity index (χ3n) is 5.22. The van der Waals surface area contributed by atoms with Gasteiger partial charge in [0.05, 0.1) is 11.2 Å². The topological polar surface area (TPSA) is 65.8 Å². The molecule has 1 aromatic carbocycles. The molecule has 29 heavy (non-hydrogen) atoms. The molecule has 0 radical (unpaired) electrons. The number of hydrogen-bond donors (Lipinski definition) is 1. The number of hydrogen-bond acceptors (Lipinski definition) is 3. The standard InChI is InChI=1S/C23H21Br2N3O/c1-15(2)16-5-7-18(8-6-16)23(9-3-4-10-23)28-22(29)17(13-26)11-21-20(25)12-19(24)14-27-21/h5-8,11-12,14H,1,3-4,9-10H2,2H3,(H,28,29).